The predicted molar refractivity (Wildman–Crippen MR) is 108 cm³/mol. The first kappa shape index (κ1) is 18.2. The standard InChI is InChI=1S/C23H22N2O3/c1-14-6-5-9-20(15(14)2)24-21(26)16-10-12-17(13-11-16)25-22(27)18-7-3-4-8-19(18)23(25)28/h3-6,9-13,18-19H,7-8H2,1-2H3,(H,24,26)/t18-,19-/m1/s1. The minimum Gasteiger partial charge on any atom is -0.322 e. The SMILES string of the molecule is Cc1cccc(NC(=O)c2ccc(N3C(=O)[C@@H]4CC=CC[C@H]4C3=O)cc2)c1C. The fourth-order valence-corrected chi connectivity index (χ4v) is 3.90. The molecule has 0 unspecified atom stereocenters. The van der Waals surface area contributed by atoms with E-state index in [0.29, 0.717) is 24.1 Å². The van der Waals surface area contributed by atoms with Crippen LogP contribution in [-0.4, -0.2) is 17.7 Å². The van der Waals surface area contributed by atoms with Crippen molar-refractivity contribution in [2.75, 3.05) is 10.2 Å². The normalized spacial score (nSPS) is 21.0. The predicted octanol–water partition coefficient (Wildman–Crippen LogP) is 4.01. The number of rotatable bonds is 3. The van der Waals surface area contributed by atoms with Crippen molar-refractivity contribution in [3.63, 3.8) is 0 Å². The average molecular weight is 374 g/mol. The van der Waals surface area contributed by atoms with Crippen LogP contribution >= 0.6 is 0 Å². The second-order valence-corrected chi connectivity index (χ2v) is 7.42. The molecule has 2 aromatic rings. The fourth-order valence-electron chi connectivity index (χ4n) is 3.90. The molecule has 0 aromatic heterocycles. The van der Waals surface area contributed by atoms with Crippen LogP contribution in [0.2, 0.25) is 0 Å². The average Bonchev–Trinajstić information content (AvgIpc) is 2.96. The molecule has 2 atom stereocenters. The monoisotopic (exact) mass is 374 g/mol. The largest absolute Gasteiger partial charge is 0.322 e. The Kier molecular flexibility index (Phi) is 4.59. The fraction of sp³-hybridized carbons (Fsp3) is 0.261. The van der Waals surface area contributed by atoms with Crippen LogP contribution < -0.4 is 10.2 Å². The van der Waals surface area contributed by atoms with Crippen LogP contribution in [0.4, 0.5) is 11.4 Å². The summed E-state index contributed by atoms with van der Waals surface area (Å²) in [5.74, 6) is -1.04. The molecule has 28 heavy (non-hydrogen) atoms. The summed E-state index contributed by atoms with van der Waals surface area (Å²) in [6.45, 7) is 3.96. The molecule has 1 heterocycles. The maximum Gasteiger partial charge on any atom is 0.255 e. The van der Waals surface area contributed by atoms with Gasteiger partial charge in [0.25, 0.3) is 5.91 Å². The lowest BCUT2D eigenvalue weighted by Gasteiger charge is -2.15. The smallest absolute Gasteiger partial charge is 0.255 e. The number of allylic oxidation sites excluding steroid dienone is 2. The first-order chi connectivity index (χ1) is 13.5. The van der Waals surface area contributed by atoms with Gasteiger partial charge in [-0.25, -0.2) is 0 Å². The number of imide groups is 1. The molecule has 5 nitrogen and oxygen atoms in total. The number of benzene rings is 2. The number of hydrogen-bond acceptors (Lipinski definition) is 3. The van der Waals surface area contributed by atoms with Gasteiger partial charge in [0.2, 0.25) is 11.8 Å². The minimum absolute atomic E-state index is 0.146. The Morgan fingerprint density at radius 3 is 2.14 bits per heavy atom. The van der Waals surface area contributed by atoms with E-state index < -0.39 is 0 Å². The second-order valence-electron chi connectivity index (χ2n) is 7.42. The number of amides is 3. The maximum atomic E-state index is 12.7. The molecule has 0 spiro atoms. The van der Waals surface area contributed by atoms with Gasteiger partial charge in [-0.15, -0.1) is 0 Å². The summed E-state index contributed by atoms with van der Waals surface area (Å²) in [6.07, 6.45) is 5.16. The topological polar surface area (TPSA) is 66.5 Å². The highest BCUT2D eigenvalue weighted by atomic mass is 16.2. The van der Waals surface area contributed by atoms with Gasteiger partial charge in [0.05, 0.1) is 17.5 Å². The third kappa shape index (κ3) is 3.03. The molecule has 2 aromatic carbocycles. The van der Waals surface area contributed by atoms with Gasteiger partial charge >= 0.3 is 0 Å². The van der Waals surface area contributed by atoms with Crippen molar-refractivity contribution in [3.8, 4) is 0 Å². The summed E-state index contributed by atoms with van der Waals surface area (Å²) in [5.41, 5.74) is 3.90. The Morgan fingerprint density at radius 1 is 0.929 bits per heavy atom. The first-order valence-corrected chi connectivity index (χ1v) is 9.48. The lowest BCUT2D eigenvalue weighted by Crippen LogP contribution is -2.30. The van der Waals surface area contributed by atoms with Gasteiger partial charge in [-0.2, -0.15) is 0 Å². The van der Waals surface area contributed by atoms with Crippen LogP contribution in [0.3, 0.4) is 0 Å². The van der Waals surface area contributed by atoms with Crippen molar-refractivity contribution in [3.05, 3.63) is 71.3 Å². The zero-order chi connectivity index (χ0) is 19.8. The molecule has 1 aliphatic carbocycles. The van der Waals surface area contributed by atoms with Gasteiger partial charge in [0.1, 0.15) is 0 Å². The van der Waals surface area contributed by atoms with Gasteiger partial charge < -0.3 is 5.32 Å². The number of fused-ring (bicyclic) bond motifs is 1. The van der Waals surface area contributed by atoms with E-state index in [1.54, 1.807) is 24.3 Å². The Labute approximate surface area is 164 Å². The van der Waals surface area contributed by atoms with E-state index in [0.717, 1.165) is 16.8 Å². The highest BCUT2D eigenvalue weighted by Gasteiger charge is 2.47. The van der Waals surface area contributed by atoms with E-state index in [1.165, 1.54) is 4.90 Å². The highest BCUT2D eigenvalue weighted by molar-refractivity contribution is 6.22. The summed E-state index contributed by atoms with van der Waals surface area (Å²) >= 11 is 0. The molecule has 0 bridgehead atoms. The van der Waals surface area contributed by atoms with E-state index in [9.17, 15) is 14.4 Å². The molecular formula is C23H22N2O3. The number of nitrogens with one attached hydrogen (secondary N) is 1. The summed E-state index contributed by atoms with van der Waals surface area (Å²) in [7, 11) is 0. The molecule has 4 rings (SSSR count). The zero-order valence-electron chi connectivity index (χ0n) is 15.9. The number of aryl methyl sites for hydroxylation is 1. The highest BCUT2D eigenvalue weighted by Crippen LogP contribution is 2.37. The van der Waals surface area contributed by atoms with Crippen LogP contribution in [-0.2, 0) is 9.59 Å². The van der Waals surface area contributed by atoms with E-state index in [4.69, 9.17) is 0 Å². The lowest BCUT2D eigenvalue weighted by atomic mass is 9.85. The van der Waals surface area contributed by atoms with Gasteiger partial charge in [0.15, 0.2) is 0 Å². The molecule has 5 heteroatoms. The zero-order valence-corrected chi connectivity index (χ0v) is 15.9. The van der Waals surface area contributed by atoms with Crippen molar-refractivity contribution in [2.24, 2.45) is 11.8 Å². The van der Waals surface area contributed by atoms with Crippen LogP contribution in [0.15, 0.2) is 54.6 Å². The molecule has 0 saturated carbocycles. The summed E-state index contributed by atoms with van der Waals surface area (Å²) in [4.78, 5) is 39.2. The van der Waals surface area contributed by atoms with Crippen LogP contribution in [0.25, 0.3) is 0 Å². The van der Waals surface area contributed by atoms with Crippen molar-refractivity contribution < 1.29 is 14.4 Å². The minimum atomic E-state index is -0.259. The lowest BCUT2D eigenvalue weighted by molar-refractivity contribution is -0.122. The van der Waals surface area contributed by atoms with Crippen molar-refractivity contribution in [2.45, 2.75) is 26.7 Å². The Bertz CT molecular complexity index is 965. The molecular weight excluding hydrogens is 352 g/mol. The third-order valence-corrected chi connectivity index (χ3v) is 5.75. The molecule has 1 N–H and O–H groups in total. The van der Waals surface area contributed by atoms with E-state index in [-0.39, 0.29) is 29.6 Å². The summed E-state index contributed by atoms with van der Waals surface area (Å²) < 4.78 is 0. The van der Waals surface area contributed by atoms with Crippen molar-refractivity contribution in [1.82, 2.24) is 0 Å². The van der Waals surface area contributed by atoms with Gasteiger partial charge in [-0.3, -0.25) is 19.3 Å². The third-order valence-electron chi connectivity index (χ3n) is 5.75. The van der Waals surface area contributed by atoms with Crippen LogP contribution in [0.1, 0.15) is 34.3 Å². The van der Waals surface area contributed by atoms with Crippen molar-refractivity contribution >= 4 is 29.1 Å². The first-order valence-electron chi connectivity index (χ1n) is 9.48. The maximum absolute atomic E-state index is 12.7. The number of carbonyl (C=O) groups is 3. The number of hydrogen-bond donors (Lipinski definition) is 1. The van der Waals surface area contributed by atoms with Crippen LogP contribution in [0.5, 0.6) is 0 Å². The number of nitrogens with zero attached hydrogens (tertiary/aromatic N) is 1. The second kappa shape index (κ2) is 7.08. The number of carbonyl (C=O) groups excluding carboxylic acids is 3. The molecule has 142 valence electrons. The van der Waals surface area contributed by atoms with Crippen LogP contribution in [0, 0.1) is 25.7 Å². The molecule has 1 aliphatic heterocycles. The molecule has 3 amide bonds. The van der Waals surface area contributed by atoms with Gasteiger partial charge in [-0.05, 0) is 68.1 Å². The van der Waals surface area contributed by atoms with Gasteiger partial charge in [-0.1, -0.05) is 24.3 Å². The van der Waals surface area contributed by atoms with Crippen molar-refractivity contribution in [1.29, 1.82) is 0 Å². The number of anilines is 2. The Balaban J connectivity index is 1.53. The van der Waals surface area contributed by atoms with Gasteiger partial charge in [0, 0.05) is 11.3 Å². The van der Waals surface area contributed by atoms with E-state index >= 15 is 0 Å². The quantitative estimate of drug-likeness (QED) is 0.652. The summed E-state index contributed by atoms with van der Waals surface area (Å²) in [5, 5.41) is 2.92. The molecule has 1 fully saturated rings. The Morgan fingerprint density at radius 2 is 1.54 bits per heavy atom. The van der Waals surface area contributed by atoms with E-state index in [2.05, 4.69) is 5.32 Å². The Hall–Kier alpha value is -3.21. The van der Waals surface area contributed by atoms with E-state index in [1.807, 2.05) is 44.2 Å². The summed E-state index contributed by atoms with van der Waals surface area (Å²) in [6, 6.07) is 12.4. The molecule has 1 saturated heterocycles. The molecule has 2 aliphatic rings. The molecule has 0 radical (unpaired) electrons.